The molecule has 1 aliphatic heterocycles. The number of hydrogen-bond acceptors (Lipinski definition) is 2. The van der Waals surface area contributed by atoms with E-state index >= 15 is 0 Å². The van der Waals surface area contributed by atoms with Gasteiger partial charge in [-0.25, -0.2) is 0 Å². The fourth-order valence-corrected chi connectivity index (χ4v) is 2.71. The van der Waals surface area contributed by atoms with E-state index in [-0.39, 0.29) is 11.3 Å². The van der Waals surface area contributed by atoms with Crippen LogP contribution < -0.4 is 5.32 Å². The Bertz CT molecular complexity index is 413. The van der Waals surface area contributed by atoms with Crippen molar-refractivity contribution in [1.29, 1.82) is 5.26 Å². The monoisotopic (exact) mass is 248 g/mol. The molecule has 0 amide bonds. The van der Waals surface area contributed by atoms with Gasteiger partial charge in [-0.3, -0.25) is 0 Å². The first-order valence-electron chi connectivity index (χ1n) is 6.05. The summed E-state index contributed by atoms with van der Waals surface area (Å²) in [6, 6.07) is 10.4. The molecule has 1 N–H and O–H groups in total. The topological polar surface area (TPSA) is 35.8 Å². The van der Waals surface area contributed by atoms with Crippen LogP contribution in [-0.4, -0.2) is 13.1 Å². The summed E-state index contributed by atoms with van der Waals surface area (Å²) in [5.41, 5.74) is 0.983. The summed E-state index contributed by atoms with van der Waals surface area (Å²) in [5, 5.41) is 13.6. The number of nitrogens with one attached hydrogen (secondary N) is 1. The van der Waals surface area contributed by atoms with Gasteiger partial charge in [-0.05, 0) is 49.5 Å². The van der Waals surface area contributed by atoms with E-state index in [2.05, 4.69) is 18.3 Å². The molecule has 1 aromatic rings. The number of halogens is 1. The first kappa shape index (κ1) is 12.4. The van der Waals surface area contributed by atoms with Crippen molar-refractivity contribution in [3.8, 4) is 6.07 Å². The smallest absolute Gasteiger partial charge is 0.0697 e. The number of rotatable bonds is 2. The molecule has 0 aromatic heterocycles. The Kier molecular flexibility index (Phi) is 3.71. The molecule has 0 spiro atoms. The lowest BCUT2D eigenvalue weighted by molar-refractivity contribution is 0.239. The van der Waals surface area contributed by atoms with E-state index in [1.165, 1.54) is 5.56 Å². The highest BCUT2D eigenvalue weighted by Gasteiger charge is 2.38. The minimum atomic E-state index is -0.223. The Balaban J connectivity index is 2.25. The number of benzene rings is 1. The standard InChI is InChI=1S/C14H17ClN2/c1-11(12-2-4-13(15)5-3-12)14(10-16)6-8-17-9-7-14/h2-5,11,17H,6-9H2,1H3. The van der Waals surface area contributed by atoms with Gasteiger partial charge in [0.25, 0.3) is 0 Å². The molecule has 0 bridgehead atoms. The molecule has 0 saturated carbocycles. The molecule has 1 aromatic carbocycles. The average molecular weight is 249 g/mol. The Labute approximate surface area is 108 Å². The molecule has 90 valence electrons. The van der Waals surface area contributed by atoms with E-state index < -0.39 is 0 Å². The van der Waals surface area contributed by atoms with Crippen molar-refractivity contribution in [2.24, 2.45) is 5.41 Å². The van der Waals surface area contributed by atoms with Gasteiger partial charge >= 0.3 is 0 Å². The van der Waals surface area contributed by atoms with E-state index in [0.29, 0.717) is 0 Å². The van der Waals surface area contributed by atoms with Gasteiger partial charge in [0.05, 0.1) is 11.5 Å². The van der Waals surface area contributed by atoms with Crippen LogP contribution in [0.15, 0.2) is 24.3 Å². The van der Waals surface area contributed by atoms with Crippen LogP contribution in [0, 0.1) is 16.7 Å². The van der Waals surface area contributed by atoms with Gasteiger partial charge in [-0.2, -0.15) is 5.26 Å². The van der Waals surface area contributed by atoms with Crippen LogP contribution in [-0.2, 0) is 0 Å². The van der Waals surface area contributed by atoms with Crippen LogP contribution >= 0.6 is 11.6 Å². The molecule has 1 aliphatic rings. The molecular weight excluding hydrogens is 232 g/mol. The molecule has 1 atom stereocenters. The molecule has 1 saturated heterocycles. The Morgan fingerprint density at radius 2 is 1.88 bits per heavy atom. The van der Waals surface area contributed by atoms with Crippen molar-refractivity contribution in [1.82, 2.24) is 5.32 Å². The maximum atomic E-state index is 9.52. The molecule has 2 nitrogen and oxygen atoms in total. The summed E-state index contributed by atoms with van der Waals surface area (Å²) in [6.45, 7) is 4.02. The van der Waals surface area contributed by atoms with Crippen molar-refractivity contribution >= 4 is 11.6 Å². The summed E-state index contributed by atoms with van der Waals surface area (Å²) in [4.78, 5) is 0. The minimum absolute atomic E-state index is 0.223. The zero-order valence-corrected chi connectivity index (χ0v) is 10.8. The van der Waals surface area contributed by atoms with E-state index in [1.54, 1.807) is 0 Å². The molecule has 0 radical (unpaired) electrons. The summed E-state index contributed by atoms with van der Waals surface area (Å²) < 4.78 is 0. The Morgan fingerprint density at radius 1 is 1.29 bits per heavy atom. The summed E-state index contributed by atoms with van der Waals surface area (Å²) in [7, 11) is 0. The van der Waals surface area contributed by atoms with Gasteiger partial charge in [-0.1, -0.05) is 30.7 Å². The lowest BCUT2D eigenvalue weighted by Gasteiger charge is -2.36. The second kappa shape index (κ2) is 5.08. The third-order valence-electron chi connectivity index (χ3n) is 3.92. The fraction of sp³-hybridized carbons (Fsp3) is 0.500. The molecule has 1 unspecified atom stereocenters. The van der Waals surface area contributed by atoms with Crippen LogP contribution in [0.4, 0.5) is 0 Å². The van der Waals surface area contributed by atoms with Crippen molar-refractivity contribution in [3.63, 3.8) is 0 Å². The summed E-state index contributed by atoms with van der Waals surface area (Å²) in [5.74, 6) is 0.256. The molecule has 1 fully saturated rings. The average Bonchev–Trinajstić information content (AvgIpc) is 2.39. The zero-order chi connectivity index (χ0) is 12.3. The lowest BCUT2D eigenvalue weighted by Crippen LogP contribution is -2.39. The van der Waals surface area contributed by atoms with Crippen molar-refractivity contribution in [2.75, 3.05) is 13.1 Å². The molecule has 3 heteroatoms. The largest absolute Gasteiger partial charge is 0.317 e. The molecular formula is C14H17ClN2. The number of hydrogen-bond donors (Lipinski definition) is 1. The van der Waals surface area contributed by atoms with Gasteiger partial charge in [0.15, 0.2) is 0 Å². The van der Waals surface area contributed by atoms with Gasteiger partial charge < -0.3 is 5.32 Å². The van der Waals surface area contributed by atoms with E-state index in [0.717, 1.165) is 31.0 Å². The highest BCUT2D eigenvalue weighted by molar-refractivity contribution is 6.30. The fourth-order valence-electron chi connectivity index (χ4n) is 2.59. The Hall–Kier alpha value is -1.04. The second-order valence-corrected chi connectivity index (χ2v) is 5.23. The SMILES string of the molecule is CC(c1ccc(Cl)cc1)C1(C#N)CCNCC1. The van der Waals surface area contributed by atoms with Crippen LogP contribution in [0.3, 0.4) is 0 Å². The van der Waals surface area contributed by atoms with Crippen molar-refractivity contribution in [3.05, 3.63) is 34.9 Å². The van der Waals surface area contributed by atoms with Crippen LogP contribution in [0.1, 0.15) is 31.2 Å². The lowest BCUT2D eigenvalue weighted by atomic mass is 9.68. The normalized spacial score (nSPS) is 20.5. The molecule has 1 heterocycles. The summed E-state index contributed by atoms with van der Waals surface area (Å²) >= 11 is 5.90. The maximum Gasteiger partial charge on any atom is 0.0697 e. The predicted molar refractivity (Wildman–Crippen MR) is 70.0 cm³/mol. The van der Waals surface area contributed by atoms with Crippen LogP contribution in [0.5, 0.6) is 0 Å². The van der Waals surface area contributed by atoms with Gasteiger partial charge in [0.2, 0.25) is 0 Å². The highest BCUT2D eigenvalue weighted by Crippen LogP contribution is 2.42. The first-order chi connectivity index (χ1) is 8.18. The first-order valence-corrected chi connectivity index (χ1v) is 6.43. The van der Waals surface area contributed by atoms with Gasteiger partial charge in [0, 0.05) is 5.02 Å². The second-order valence-electron chi connectivity index (χ2n) is 4.79. The quantitative estimate of drug-likeness (QED) is 0.872. The highest BCUT2D eigenvalue weighted by atomic mass is 35.5. The van der Waals surface area contributed by atoms with E-state index in [1.807, 2.05) is 24.3 Å². The maximum absolute atomic E-state index is 9.52. The van der Waals surface area contributed by atoms with Gasteiger partial charge in [-0.15, -0.1) is 0 Å². The van der Waals surface area contributed by atoms with Crippen LogP contribution in [0.2, 0.25) is 5.02 Å². The Morgan fingerprint density at radius 3 is 2.41 bits per heavy atom. The molecule has 0 aliphatic carbocycles. The number of piperidine rings is 1. The van der Waals surface area contributed by atoms with E-state index in [9.17, 15) is 5.26 Å². The van der Waals surface area contributed by atoms with Crippen molar-refractivity contribution in [2.45, 2.75) is 25.7 Å². The third kappa shape index (κ3) is 2.46. The van der Waals surface area contributed by atoms with Gasteiger partial charge in [0.1, 0.15) is 0 Å². The number of nitrogens with zero attached hydrogens (tertiary/aromatic N) is 1. The van der Waals surface area contributed by atoms with Crippen LogP contribution in [0.25, 0.3) is 0 Å². The van der Waals surface area contributed by atoms with Crippen molar-refractivity contribution < 1.29 is 0 Å². The predicted octanol–water partition coefficient (Wildman–Crippen LogP) is 3.34. The zero-order valence-electron chi connectivity index (χ0n) is 10.0. The minimum Gasteiger partial charge on any atom is -0.317 e. The van der Waals surface area contributed by atoms with E-state index in [4.69, 9.17) is 11.6 Å². The molecule has 17 heavy (non-hydrogen) atoms. The summed E-state index contributed by atoms with van der Waals surface area (Å²) in [6.07, 6.45) is 1.85. The molecule has 2 rings (SSSR count). The number of nitriles is 1. The third-order valence-corrected chi connectivity index (χ3v) is 4.17.